The van der Waals surface area contributed by atoms with Crippen molar-refractivity contribution >= 4 is 11.8 Å². The molecule has 1 atom stereocenters. The summed E-state index contributed by atoms with van der Waals surface area (Å²) in [5.41, 5.74) is 1.05. The summed E-state index contributed by atoms with van der Waals surface area (Å²) in [4.78, 5) is 28.1. The van der Waals surface area contributed by atoms with E-state index >= 15 is 0 Å². The van der Waals surface area contributed by atoms with Crippen LogP contribution in [0.2, 0.25) is 0 Å². The number of hydrogen-bond acceptors (Lipinski definition) is 3. The first-order valence-electron chi connectivity index (χ1n) is 7.34. The first kappa shape index (κ1) is 15.5. The highest BCUT2D eigenvalue weighted by Crippen LogP contribution is 2.08. The van der Waals surface area contributed by atoms with E-state index in [-0.39, 0.29) is 11.8 Å². The number of piperazine rings is 1. The molecule has 2 amide bonds. The number of likely N-dealkylation sites (N-methyl/N-ethyl adjacent to an activating group) is 1. The summed E-state index contributed by atoms with van der Waals surface area (Å²) in [6.45, 7) is 4.66. The lowest BCUT2D eigenvalue weighted by molar-refractivity contribution is -0.137. The first-order valence-corrected chi connectivity index (χ1v) is 7.34. The number of nitrogens with zero attached hydrogens (tertiary/aromatic N) is 2. The molecule has 0 aromatic heterocycles. The van der Waals surface area contributed by atoms with Crippen LogP contribution in [-0.2, 0) is 16.0 Å². The Labute approximate surface area is 125 Å². The molecule has 0 saturated carbocycles. The minimum Gasteiger partial charge on any atom is -0.344 e. The highest BCUT2D eigenvalue weighted by molar-refractivity contribution is 5.87. The molecule has 1 fully saturated rings. The van der Waals surface area contributed by atoms with Crippen LogP contribution < -0.4 is 5.32 Å². The Hall–Kier alpha value is -1.88. The number of benzene rings is 1. The normalized spacial score (nSPS) is 17.3. The number of hydrogen-bond donors (Lipinski definition) is 1. The maximum atomic E-state index is 12.6. The van der Waals surface area contributed by atoms with Gasteiger partial charge >= 0.3 is 0 Å². The van der Waals surface area contributed by atoms with Crippen LogP contribution in [0.4, 0.5) is 0 Å². The summed E-state index contributed by atoms with van der Waals surface area (Å²) in [5, 5.41) is 2.79. The van der Waals surface area contributed by atoms with Gasteiger partial charge in [-0.2, -0.15) is 0 Å². The third kappa shape index (κ3) is 4.56. The summed E-state index contributed by atoms with van der Waals surface area (Å²) in [6.07, 6.45) is 0.533. The van der Waals surface area contributed by atoms with Crippen molar-refractivity contribution in [1.29, 1.82) is 0 Å². The van der Waals surface area contributed by atoms with E-state index < -0.39 is 6.04 Å². The number of rotatable bonds is 4. The topological polar surface area (TPSA) is 52.7 Å². The van der Waals surface area contributed by atoms with Crippen molar-refractivity contribution in [2.75, 3.05) is 33.2 Å². The SMILES string of the molecule is CC(=O)N[C@@H](Cc1ccccc1)C(=O)N1CCN(C)CC1. The highest BCUT2D eigenvalue weighted by atomic mass is 16.2. The van der Waals surface area contributed by atoms with Gasteiger partial charge in [0.2, 0.25) is 11.8 Å². The van der Waals surface area contributed by atoms with E-state index in [2.05, 4.69) is 17.3 Å². The molecule has 2 rings (SSSR count). The smallest absolute Gasteiger partial charge is 0.245 e. The van der Waals surface area contributed by atoms with Gasteiger partial charge < -0.3 is 15.1 Å². The maximum absolute atomic E-state index is 12.6. The molecule has 1 aliphatic heterocycles. The Morgan fingerprint density at radius 2 is 1.76 bits per heavy atom. The Morgan fingerprint density at radius 3 is 2.33 bits per heavy atom. The molecular formula is C16H23N3O2. The van der Waals surface area contributed by atoms with Crippen LogP contribution in [0.15, 0.2) is 30.3 Å². The molecule has 5 nitrogen and oxygen atoms in total. The quantitative estimate of drug-likeness (QED) is 0.878. The fourth-order valence-corrected chi connectivity index (χ4v) is 2.54. The molecule has 1 N–H and O–H groups in total. The van der Waals surface area contributed by atoms with Crippen LogP contribution >= 0.6 is 0 Å². The van der Waals surface area contributed by atoms with Gasteiger partial charge in [-0.15, -0.1) is 0 Å². The summed E-state index contributed by atoms with van der Waals surface area (Å²) in [7, 11) is 2.05. The molecule has 1 aromatic rings. The fraction of sp³-hybridized carbons (Fsp3) is 0.500. The lowest BCUT2D eigenvalue weighted by Crippen LogP contribution is -2.54. The van der Waals surface area contributed by atoms with Gasteiger partial charge in [-0.3, -0.25) is 9.59 Å². The molecule has 1 aliphatic rings. The standard InChI is InChI=1S/C16H23N3O2/c1-13(20)17-15(12-14-6-4-3-5-7-14)16(21)19-10-8-18(2)9-11-19/h3-7,15H,8-12H2,1-2H3,(H,17,20)/t15-/m0/s1. The van der Waals surface area contributed by atoms with Crippen molar-refractivity contribution < 1.29 is 9.59 Å². The zero-order valence-electron chi connectivity index (χ0n) is 12.7. The number of carbonyl (C=O) groups is 2. The van der Waals surface area contributed by atoms with Gasteiger partial charge in [-0.05, 0) is 12.6 Å². The molecule has 114 valence electrons. The van der Waals surface area contributed by atoms with Crippen LogP contribution in [0.25, 0.3) is 0 Å². The Kier molecular flexibility index (Phi) is 5.33. The largest absolute Gasteiger partial charge is 0.344 e. The van der Waals surface area contributed by atoms with E-state index in [4.69, 9.17) is 0 Å². The van der Waals surface area contributed by atoms with Crippen LogP contribution in [-0.4, -0.2) is 60.9 Å². The van der Waals surface area contributed by atoms with Crippen molar-refractivity contribution in [3.63, 3.8) is 0 Å². The van der Waals surface area contributed by atoms with Crippen LogP contribution in [0.1, 0.15) is 12.5 Å². The Balaban J connectivity index is 2.04. The highest BCUT2D eigenvalue weighted by Gasteiger charge is 2.27. The van der Waals surface area contributed by atoms with Gasteiger partial charge in [-0.1, -0.05) is 30.3 Å². The zero-order chi connectivity index (χ0) is 15.2. The molecule has 5 heteroatoms. The van der Waals surface area contributed by atoms with Gasteiger partial charge in [-0.25, -0.2) is 0 Å². The van der Waals surface area contributed by atoms with E-state index in [1.54, 1.807) is 0 Å². The molecule has 0 aliphatic carbocycles. The lowest BCUT2D eigenvalue weighted by atomic mass is 10.0. The molecular weight excluding hydrogens is 266 g/mol. The molecule has 0 spiro atoms. The van der Waals surface area contributed by atoms with Gasteiger partial charge in [0, 0.05) is 39.5 Å². The molecule has 1 aromatic carbocycles. The van der Waals surface area contributed by atoms with Crippen molar-refractivity contribution in [2.24, 2.45) is 0 Å². The maximum Gasteiger partial charge on any atom is 0.245 e. The van der Waals surface area contributed by atoms with Gasteiger partial charge in [0.25, 0.3) is 0 Å². The average molecular weight is 289 g/mol. The molecule has 0 radical (unpaired) electrons. The molecule has 1 saturated heterocycles. The van der Waals surface area contributed by atoms with Gasteiger partial charge in [0.1, 0.15) is 6.04 Å². The summed E-state index contributed by atoms with van der Waals surface area (Å²) < 4.78 is 0. The van der Waals surface area contributed by atoms with Crippen LogP contribution in [0.5, 0.6) is 0 Å². The third-order valence-electron chi connectivity index (χ3n) is 3.77. The second-order valence-electron chi connectivity index (χ2n) is 5.57. The Bertz CT molecular complexity index is 482. The molecule has 1 heterocycles. The zero-order valence-corrected chi connectivity index (χ0v) is 12.7. The van der Waals surface area contributed by atoms with E-state index in [0.717, 1.165) is 31.7 Å². The lowest BCUT2D eigenvalue weighted by Gasteiger charge is -2.34. The van der Waals surface area contributed by atoms with Crippen molar-refractivity contribution in [3.05, 3.63) is 35.9 Å². The molecule has 0 unspecified atom stereocenters. The fourth-order valence-electron chi connectivity index (χ4n) is 2.54. The second-order valence-corrected chi connectivity index (χ2v) is 5.57. The third-order valence-corrected chi connectivity index (χ3v) is 3.77. The summed E-state index contributed by atoms with van der Waals surface area (Å²) in [6, 6.07) is 9.31. The second kappa shape index (κ2) is 7.22. The number of amides is 2. The minimum atomic E-state index is -0.478. The predicted molar refractivity (Wildman–Crippen MR) is 81.8 cm³/mol. The van der Waals surface area contributed by atoms with E-state index in [1.165, 1.54) is 6.92 Å². The first-order chi connectivity index (χ1) is 10.1. The van der Waals surface area contributed by atoms with E-state index in [0.29, 0.717) is 6.42 Å². The summed E-state index contributed by atoms with van der Waals surface area (Å²) in [5.74, 6) is -0.152. The van der Waals surface area contributed by atoms with Crippen LogP contribution in [0, 0.1) is 0 Å². The van der Waals surface area contributed by atoms with E-state index in [1.807, 2.05) is 35.2 Å². The van der Waals surface area contributed by atoms with Crippen molar-refractivity contribution in [3.8, 4) is 0 Å². The van der Waals surface area contributed by atoms with Gasteiger partial charge in [0.05, 0.1) is 0 Å². The molecule has 21 heavy (non-hydrogen) atoms. The van der Waals surface area contributed by atoms with Gasteiger partial charge in [0.15, 0.2) is 0 Å². The number of nitrogens with one attached hydrogen (secondary N) is 1. The average Bonchev–Trinajstić information content (AvgIpc) is 2.47. The van der Waals surface area contributed by atoms with Crippen LogP contribution in [0.3, 0.4) is 0 Å². The predicted octanol–water partition coefficient (Wildman–Crippen LogP) is 0.508. The summed E-state index contributed by atoms with van der Waals surface area (Å²) >= 11 is 0. The molecule has 0 bridgehead atoms. The van der Waals surface area contributed by atoms with Crippen molar-refractivity contribution in [2.45, 2.75) is 19.4 Å². The monoisotopic (exact) mass is 289 g/mol. The van der Waals surface area contributed by atoms with Crippen molar-refractivity contribution in [1.82, 2.24) is 15.1 Å². The van der Waals surface area contributed by atoms with E-state index in [9.17, 15) is 9.59 Å². The Morgan fingerprint density at radius 1 is 1.14 bits per heavy atom. The minimum absolute atomic E-state index is 0.0159. The number of carbonyl (C=O) groups excluding carboxylic acids is 2.